The number of aromatic carboxylic acids is 1. The van der Waals surface area contributed by atoms with E-state index < -0.39 is 17.7 Å². The first-order chi connectivity index (χ1) is 8.88. The zero-order valence-corrected chi connectivity index (χ0v) is 9.61. The van der Waals surface area contributed by atoms with Gasteiger partial charge in [-0.3, -0.25) is 0 Å². The lowest BCUT2D eigenvalue weighted by Gasteiger charge is -2.09. The Balaban J connectivity index is 2.48. The van der Waals surface area contributed by atoms with Gasteiger partial charge in [0.05, 0.1) is 11.1 Å². The van der Waals surface area contributed by atoms with Gasteiger partial charge in [0.15, 0.2) is 0 Å². The second kappa shape index (κ2) is 4.76. The summed E-state index contributed by atoms with van der Waals surface area (Å²) in [4.78, 5) is 10.8. The van der Waals surface area contributed by atoms with Crippen LogP contribution in [0.1, 0.15) is 15.9 Å². The van der Waals surface area contributed by atoms with Crippen LogP contribution in [0.4, 0.5) is 13.2 Å². The van der Waals surface area contributed by atoms with Gasteiger partial charge < -0.3 is 5.11 Å². The number of rotatable bonds is 2. The largest absolute Gasteiger partial charge is 0.478 e. The fourth-order valence-electron chi connectivity index (χ4n) is 1.71. The molecule has 2 nitrogen and oxygen atoms in total. The summed E-state index contributed by atoms with van der Waals surface area (Å²) in [6.07, 6.45) is -4.42. The molecule has 0 saturated carbocycles. The van der Waals surface area contributed by atoms with Gasteiger partial charge in [-0.25, -0.2) is 4.79 Å². The molecule has 0 aliphatic heterocycles. The maximum Gasteiger partial charge on any atom is 0.416 e. The molecule has 0 aliphatic rings. The van der Waals surface area contributed by atoms with Gasteiger partial charge in [-0.05, 0) is 35.4 Å². The third-order valence-corrected chi connectivity index (χ3v) is 2.63. The minimum absolute atomic E-state index is 0.0370. The number of alkyl halides is 3. The highest BCUT2D eigenvalue weighted by molar-refractivity contribution is 5.89. The van der Waals surface area contributed by atoms with Crippen molar-refractivity contribution in [3.8, 4) is 11.1 Å². The number of carboxylic acid groups (broad SMARTS) is 1. The predicted octanol–water partition coefficient (Wildman–Crippen LogP) is 4.07. The summed E-state index contributed by atoms with van der Waals surface area (Å²) < 4.78 is 37.8. The fourth-order valence-corrected chi connectivity index (χ4v) is 1.71. The molecule has 1 N–H and O–H groups in total. The van der Waals surface area contributed by atoms with Crippen molar-refractivity contribution in [1.29, 1.82) is 0 Å². The number of benzene rings is 2. The van der Waals surface area contributed by atoms with E-state index in [0.717, 1.165) is 12.1 Å². The molecule has 2 aromatic carbocycles. The first-order valence-electron chi connectivity index (χ1n) is 5.39. The van der Waals surface area contributed by atoms with Gasteiger partial charge in [-0.15, -0.1) is 0 Å². The highest BCUT2D eigenvalue weighted by Crippen LogP contribution is 2.32. The lowest BCUT2D eigenvalue weighted by molar-refractivity contribution is -0.137. The molecule has 0 fully saturated rings. The van der Waals surface area contributed by atoms with Gasteiger partial charge in [0.25, 0.3) is 0 Å². The van der Waals surface area contributed by atoms with Crippen molar-refractivity contribution in [3.05, 3.63) is 59.7 Å². The van der Waals surface area contributed by atoms with Crippen LogP contribution >= 0.6 is 0 Å². The number of hydrogen-bond acceptors (Lipinski definition) is 1. The van der Waals surface area contributed by atoms with Gasteiger partial charge in [-0.2, -0.15) is 13.2 Å². The van der Waals surface area contributed by atoms with E-state index in [1.54, 1.807) is 6.07 Å². The van der Waals surface area contributed by atoms with Gasteiger partial charge >= 0.3 is 12.1 Å². The Morgan fingerprint density at radius 3 is 2.11 bits per heavy atom. The van der Waals surface area contributed by atoms with Crippen LogP contribution in [-0.2, 0) is 6.18 Å². The number of carbonyl (C=O) groups is 1. The van der Waals surface area contributed by atoms with E-state index in [4.69, 9.17) is 5.11 Å². The summed E-state index contributed by atoms with van der Waals surface area (Å²) in [5, 5.41) is 8.86. The molecule has 98 valence electrons. The minimum atomic E-state index is -4.42. The Morgan fingerprint density at radius 1 is 0.947 bits per heavy atom. The molecule has 19 heavy (non-hydrogen) atoms. The van der Waals surface area contributed by atoms with E-state index in [2.05, 4.69) is 0 Å². The zero-order valence-electron chi connectivity index (χ0n) is 9.61. The smallest absolute Gasteiger partial charge is 0.416 e. The Kier molecular flexibility index (Phi) is 3.29. The van der Waals surface area contributed by atoms with Gasteiger partial charge in [-0.1, -0.05) is 24.3 Å². The summed E-state index contributed by atoms with van der Waals surface area (Å²) in [6, 6.07) is 10.6. The van der Waals surface area contributed by atoms with E-state index >= 15 is 0 Å². The molecule has 0 saturated heterocycles. The maximum absolute atomic E-state index is 12.6. The number of carboxylic acids is 1. The molecular formula is C14H9F3O2. The van der Waals surface area contributed by atoms with E-state index in [9.17, 15) is 18.0 Å². The first kappa shape index (κ1) is 13.1. The summed E-state index contributed by atoms with van der Waals surface area (Å²) in [5.74, 6) is -1.12. The molecule has 0 amide bonds. The van der Waals surface area contributed by atoms with Crippen LogP contribution in [0.5, 0.6) is 0 Å². The molecule has 0 bridgehead atoms. The van der Waals surface area contributed by atoms with Crippen molar-refractivity contribution in [2.24, 2.45) is 0 Å². The lowest BCUT2D eigenvalue weighted by Crippen LogP contribution is -2.04. The maximum atomic E-state index is 12.6. The van der Waals surface area contributed by atoms with Crippen LogP contribution in [0.25, 0.3) is 11.1 Å². The minimum Gasteiger partial charge on any atom is -0.478 e. The van der Waals surface area contributed by atoms with Crippen molar-refractivity contribution in [1.82, 2.24) is 0 Å². The molecule has 2 aromatic rings. The van der Waals surface area contributed by atoms with E-state index in [1.165, 1.54) is 30.3 Å². The highest BCUT2D eigenvalue weighted by Gasteiger charge is 2.30. The van der Waals surface area contributed by atoms with Crippen molar-refractivity contribution in [2.75, 3.05) is 0 Å². The van der Waals surface area contributed by atoms with E-state index in [0.29, 0.717) is 11.1 Å². The summed E-state index contributed by atoms with van der Waals surface area (Å²) >= 11 is 0. The van der Waals surface area contributed by atoms with Crippen LogP contribution in [0.3, 0.4) is 0 Å². The normalized spacial score (nSPS) is 11.3. The molecule has 0 heterocycles. The van der Waals surface area contributed by atoms with Crippen molar-refractivity contribution < 1.29 is 23.1 Å². The Bertz CT molecular complexity index is 618. The lowest BCUT2D eigenvalue weighted by atomic mass is 10.0. The van der Waals surface area contributed by atoms with E-state index in [-0.39, 0.29) is 5.56 Å². The van der Waals surface area contributed by atoms with Crippen molar-refractivity contribution in [2.45, 2.75) is 6.18 Å². The summed E-state index contributed by atoms with van der Waals surface area (Å²) in [7, 11) is 0. The number of halogens is 3. The van der Waals surface area contributed by atoms with Crippen molar-refractivity contribution in [3.63, 3.8) is 0 Å². The molecule has 0 aliphatic carbocycles. The SMILES string of the molecule is O=C(O)c1cccc(-c2cccc(C(F)(F)F)c2)c1. The predicted molar refractivity (Wildman–Crippen MR) is 63.8 cm³/mol. The molecular weight excluding hydrogens is 257 g/mol. The Hall–Kier alpha value is -2.30. The third-order valence-electron chi connectivity index (χ3n) is 2.63. The van der Waals surface area contributed by atoms with Crippen molar-refractivity contribution >= 4 is 5.97 Å². The third kappa shape index (κ3) is 2.93. The Morgan fingerprint density at radius 2 is 1.53 bits per heavy atom. The zero-order chi connectivity index (χ0) is 14.0. The first-order valence-corrected chi connectivity index (χ1v) is 5.39. The molecule has 0 aromatic heterocycles. The molecule has 5 heteroatoms. The van der Waals surface area contributed by atoms with Crippen LogP contribution in [0, 0.1) is 0 Å². The summed E-state index contributed by atoms with van der Waals surface area (Å²) in [5.41, 5.74) is 0.0459. The molecule has 0 atom stereocenters. The van der Waals surface area contributed by atoms with Gasteiger partial charge in [0, 0.05) is 0 Å². The summed E-state index contributed by atoms with van der Waals surface area (Å²) in [6.45, 7) is 0. The second-order valence-corrected chi connectivity index (χ2v) is 3.96. The topological polar surface area (TPSA) is 37.3 Å². The van der Waals surface area contributed by atoms with Crippen LogP contribution in [0.15, 0.2) is 48.5 Å². The van der Waals surface area contributed by atoms with Gasteiger partial charge in [0.2, 0.25) is 0 Å². The van der Waals surface area contributed by atoms with Crippen LogP contribution in [-0.4, -0.2) is 11.1 Å². The Labute approximate surface area is 107 Å². The quantitative estimate of drug-likeness (QED) is 0.889. The number of hydrogen-bond donors (Lipinski definition) is 1. The monoisotopic (exact) mass is 266 g/mol. The molecule has 0 radical (unpaired) electrons. The standard InChI is InChI=1S/C14H9F3O2/c15-14(16,17)12-6-2-4-10(8-12)9-3-1-5-11(7-9)13(18)19/h1-8H,(H,18,19). The van der Waals surface area contributed by atoms with Crippen LogP contribution < -0.4 is 0 Å². The fraction of sp³-hybridized carbons (Fsp3) is 0.0714. The molecule has 0 unspecified atom stereocenters. The average Bonchev–Trinajstić information content (AvgIpc) is 2.38. The van der Waals surface area contributed by atoms with Gasteiger partial charge in [0.1, 0.15) is 0 Å². The second-order valence-electron chi connectivity index (χ2n) is 3.96. The van der Waals surface area contributed by atoms with Crippen LogP contribution in [0.2, 0.25) is 0 Å². The molecule has 2 rings (SSSR count). The van der Waals surface area contributed by atoms with E-state index in [1.807, 2.05) is 0 Å². The average molecular weight is 266 g/mol. The highest BCUT2D eigenvalue weighted by atomic mass is 19.4. The molecule has 0 spiro atoms.